The molecule has 0 amide bonds. The van der Waals surface area contributed by atoms with Gasteiger partial charge in [0.15, 0.2) is 0 Å². The van der Waals surface area contributed by atoms with Crippen LogP contribution in [0.2, 0.25) is 0 Å². The molecular weight excluding hydrogens is 409 g/mol. The largest absolute Gasteiger partial charge is 0.478 e. The number of carboxylic acid groups (broad SMARTS) is 1. The standard InChI is InChI=1S/C13H16INO5S/c14-10-6-5-8(7-9(10)13(17)18)21(19,20)15-11-3-1-2-4-12(11)16/h5-7,11-12,15-16H,1-4H2,(H,17,18)/t11-,12-/m0/s1. The first-order valence-electron chi connectivity index (χ1n) is 6.54. The minimum Gasteiger partial charge on any atom is -0.478 e. The summed E-state index contributed by atoms with van der Waals surface area (Å²) in [4.78, 5) is 11.0. The molecule has 0 aliphatic heterocycles. The van der Waals surface area contributed by atoms with Crippen molar-refractivity contribution in [1.29, 1.82) is 0 Å². The second-order valence-electron chi connectivity index (χ2n) is 5.03. The van der Waals surface area contributed by atoms with Gasteiger partial charge in [-0.25, -0.2) is 17.9 Å². The third-order valence-electron chi connectivity index (χ3n) is 3.51. The molecule has 2 atom stereocenters. The molecule has 3 N–H and O–H groups in total. The molecule has 1 aliphatic rings. The first kappa shape index (κ1) is 16.7. The van der Waals surface area contributed by atoms with E-state index < -0.39 is 28.1 Å². The van der Waals surface area contributed by atoms with E-state index in [1.54, 1.807) is 0 Å². The molecule has 1 aromatic carbocycles. The van der Waals surface area contributed by atoms with E-state index in [2.05, 4.69) is 4.72 Å². The molecule has 0 aromatic heterocycles. The van der Waals surface area contributed by atoms with Gasteiger partial charge in [-0.05, 0) is 53.6 Å². The molecule has 2 rings (SSSR count). The van der Waals surface area contributed by atoms with Crippen LogP contribution in [0.4, 0.5) is 0 Å². The molecule has 6 nitrogen and oxygen atoms in total. The molecule has 1 aliphatic carbocycles. The molecule has 0 saturated heterocycles. The Labute approximate surface area is 136 Å². The lowest BCUT2D eigenvalue weighted by molar-refractivity contribution is 0.0695. The van der Waals surface area contributed by atoms with E-state index in [0.29, 0.717) is 16.4 Å². The maximum Gasteiger partial charge on any atom is 0.336 e. The van der Waals surface area contributed by atoms with Crippen LogP contribution in [0.15, 0.2) is 23.1 Å². The second kappa shape index (κ2) is 6.59. The van der Waals surface area contributed by atoms with Crippen LogP contribution in [0.3, 0.4) is 0 Å². The number of carbonyl (C=O) groups is 1. The summed E-state index contributed by atoms with van der Waals surface area (Å²) in [5.41, 5.74) is -0.0531. The Hall–Kier alpha value is -0.710. The summed E-state index contributed by atoms with van der Waals surface area (Å²) in [7, 11) is -3.84. The van der Waals surface area contributed by atoms with Crippen LogP contribution in [0.25, 0.3) is 0 Å². The monoisotopic (exact) mass is 425 g/mol. The third kappa shape index (κ3) is 3.93. The minimum absolute atomic E-state index is 0.0531. The summed E-state index contributed by atoms with van der Waals surface area (Å²) in [6, 6.07) is 3.44. The Bertz CT molecular complexity index is 646. The average molecular weight is 425 g/mol. The lowest BCUT2D eigenvalue weighted by Gasteiger charge is -2.28. The number of aliphatic hydroxyl groups excluding tert-OH is 1. The fourth-order valence-electron chi connectivity index (χ4n) is 2.35. The van der Waals surface area contributed by atoms with Gasteiger partial charge in [-0.3, -0.25) is 0 Å². The number of aliphatic hydroxyl groups is 1. The fourth-order valence-corrected chi connectivity index (χ4v) is 4.25. The Kier molecular flexibility index (Phi) is 5.23. The summed E-state index contributed by atoms with van der Waals surface area (Å²) in [6.45, 7) is 0. The Morgan fingerprint density at radius 3 is 2.57 bits per heavy atom. The number of sulfonamides is 1. The number of rotatable bonds is 4. The van der Waals surface area contributed by atoms with E-state index in [4.69, 9.17) is 5.11 Å². The van der Waals surface area contributed by atoms with E-state index in [0.717, 1.165) is 18.9 Å². The highest BCUT2D eigenvalue weighted by molar-refractivity contribution is 14.1. The number of carboxylic acids is 1. The summed E-state index contributed by atoms with van der Waals surface area (Å²) < 4.78 is 27.6. The van der Waals surface area contributed by atoms with E-state index in [1.165, 1.54) is 12.1 Å². The van der Waals surface area contributed by atoms with E-state index in [1.807, 2.05) is 22.6 Å². The number of nitrogens with one attached hydrogen (secondary N) is 1. The molecule has 0 heterocycles. The van der Waals surface area contributed by atoms with Gasteiger partial charge in [0.1, 0.15) is 0 Å². The maximum absolute atomic E-state index is 12.3. The van der Waals surface area contributed by atoms with Gasteiger partial charge in [-0.15, -0.1) is 0 Å². The van der Waals surface area contributed by atoms with Crippen molar-refractivity contribution in [2.75, 3.05) is 0 Å². The maximum atomic E-state index is 12.3. The molecule has 116 valence electrons. The number of benzene rings is 1. The lowest BCUT2D eigenvalue weighted by atomic mass is 9.93. The number of aromatic carboxylic acids is 1. The molecule has 8 heteroatoms. The first-order valence-corrected chi connectivity index (χ1v) is 9.10. The summed E-state index contributed by atoms with van der Waals surface area (Å²) >= 11 is 1.84. The Balaban J connectivity index is 2.27. The lowest BCUT2D eigenvalue weighted by Crippen LogP contribution is -2.44. The van der Waals surface area contributed by atoms with Gasteiger partial charge in [0.05, 0.1) is 16.6 Å². The van der Waals surface area contributed by atoms with Crippen LogP contribution in [0.5, 0.6) is 0 Å². The van der Waals surface area contributed by atoms with Crippen molar-refractivity contribution in [3.63, 3.8) is 0 Å². The van der Waals surface area contributed by atoms with Crippen molar-refractivity contribution >= 4 is 38.6 Å². The van der Waals surface area contributed by atoms with Crippen molar-refractivity contribution in [3.05, 3.63) is 27.3 Å². The molecule has 21 heavy (non-hydrogen) atoms. The van der Waals surface area contributed by atoms with Gasteiger partial charge in [-0.1, -0.05) is 12.8 Å². The quantitative estimate of drug-likeness (QED) is 0.636. The summed E-state index contributed by atoms with van der Waals surface area (Å²) in [5.74, 6) is -1.17. The van der Waals surface area contributed by atoms with Crippen molar-refractivity contribution in [2.45, 2.75) is 42.7 Å². The molecule has 1 fully saturated rings. The zero-order valence-corrected chi connectivity index (χ0v) is 14.1. The van der Waals surface area contributed by atoms with Crippen molar-refractivity contribution in [1.82, 2.24) is 4.72 Å². The number of halogens is 1. The van der Waals surface area contributed by atoms with Crippen molar-refractivity contribution in [2.24, 2.45) is 0 Å². The smallest absolute Gasteiger partial charge is 0.336 e. The zero-order chi connectivity index (χ0) is 15.6. The Morgan fingerprint density at radius 2 is 1.95 bits per heavy atom. The normalized spacial score (nSPS) is 23.0. The second-order valence-corrected chi connectivity index (χ2v) is 7.90. The topological polar surface area (TPSA) is 104 Å². The average Bonchev–Trinajstić information content (AvgIpc) is 2.41. The third-order valence-corrected chi connectivity index (χ3v) is 5.94. The first-order chi connectivity index (χ1) is 9.81. The summed E-state index contributed by atoms with van der Waals surface area (Å²) in [5, 5.41) is 18.9. The van der Waals surface area contributed by atoms with Crippen LogP contribution in [0, 0.1) is 3.57 Å². The van der Waals surface area contributed by atoms with Crippen molar-refractivity contribution in [3.8, 4) is 0 Å². The van der Waals surface area contributed by atoms with Crippen LogP contribution in [-0.4, -0.2) is 36.7 Å². The molecule has 0 unspecified atom stereocenters. The van der Waals surface area contributed by atoms with Crippen LogP contribution < -0.4 is 4.72 Å². The minimum atomic E-state index is -3.84. The van der Waals surface area contributed by atoms with Gasteiger partial charge < -0.3 is 10.2 Å². The predicted octanol–water partition coefficient (Wildman–Crippen LogP) is 1.57. The van der Waals surface area contributed by atoms with Gasteiger partial charge in [0, 0.05) is 9.61 Å². The Morgan fingerprint density at radius 1 is 1.29 bits per heavy atom. The van der Waals surface area contributed by atoms with Gasteiger partial charge in [-0.2, -0.15) is 0 Å². The van der Waals surface area contributed by atoms with Gasteiger partial charge in [0.2, 0.25) is 10.0 Å². The van der Waals surface area contributed by atoms with E-state index in [9.17, 15) is 18.3 Å². The molecule has 0 radical (unpaired) electrons. The molecule has 1 saturated carbocycles. The van der Waals surface area contributed by atoms with Crippen LogP contribution >= 0.6 is 22.6 Å². The highest BCUT2D eigenvalue weighted by atomic mass is 127. The van der Waals surface area contributed by atoms with Crippen LogP contribution in [-0.2, 0) is 10.0 Å². The van der Waals surface area contributed by atoms with E-state index in [-0.39, 0.29) is 10.5 Å². The van der Waals surface area contributed by atoms with Crippen molar-refractivity contribution < 1.29 is 23.4 Å². The van der Waals surface area contributed by atoms with Gasteiger partial charge in [0.25, 0.3) is 0 Å². The molecule has 1 aromatic rings. The van der Waals surface area contributed by atoms with E-state index >= 15 is 0 Å². The molecule has 0 bridgehead atoms. The number of hydrogen-bond acceptors (Lipinski definition) is 4. The highest BCUT2D eigenvalue weighted by Gasteiger charge is 2.28. The zero-order valence-electron chi connectivity index (χ0n) is 11.1. The number of hydrogen-bond donors (Lipinski definition) is 3. The van der Waals surface area contributed by atoms with Gasteiger partial charge >= 0.3 is 5.97 Å². The van der Waals surface area contributed by atoms with Crippen LogP contribution in [0.1, 0.15) is 36.0 Å². The fraction of sp³-hybridized carbons (Fsp3) is 0.462. The SMILES string of the molecule is O=C(O)c1cc(S(=O)(=O)N[C@H]2CCCC[C@@H]2O)ccc1I. The predicted molar refractivity (Wildman–Crippen MR) is 84.7 cm³/mol. The highest BCUT2D eigenvalue weighted by Crippen LogP contribution is 2.22. The summed E-state index contributed by atoms with van der Waals surface area (Å²) in [6.07, 6.45) is 2.19. The molecular formula is C13H16INO5S. The molecule has 0 spiro atoms.